The number of sulfonamides is 1. The number of benzene rings is 2. The third-order valence-electron chi connectivity index (χ3n) is 5.36. The zero-order valence-electron chi connectivity index (χ0n) is 20.9. The Morgan fingerprint density at radius 3 is 2.50 bits per heavy atom. The molecule has 0 radical (unpaired) electrons. The zero-order chi connectivity index (χ0) is 28.1. The van der Waals surface area contributed by atoms with Crippen LogP contribution in [0, 0.1) is 6.92 Å². The first-order valence-corrected chi connectivity index (χ1v) is 15.3. The molecule has 6 nitrogen and oxygen atoms in total. The maximum absolute atomic E-state index is 14.0. The van der Waals surface area contributed by atoms with E-state index in [2.05, 4.69) is 0 Å². The number of thiophene rings is 1. The summed E-state index contributed by atoms with van der Waals surface area (Å²) in [7, 11) is -4.43. The van der Waals surface area contributed by atoms with Gasteiger partial charge >= 0.3 is 12.1 Å². The second-order valence-corrected chi connectivity index (χ2v) is 13.0. The average Bonchev–Trinajstić information content (AvgIpc) is 3.23. The number of carbonyl (C=O) groups is 1. The summed E-state index contributed by atoms with van der Waals surface area (Å²) in [5.41, 5.74) is -0.404. The third-order valence-corrected chi connectivity index (χ3v) is 10.1. The standard InChI is InChI=1S/C25H27ClF3NO5S3/c1-4-10-30(11-12-36-18-7-8-20(16(3)13-18)35-15-22(31)34-5-2)38(32,33)24-23(25(27,28)29)19-14-17(26)6-9-21(19)37-24/h6-9,13-14H,4-5,10-12,15H2,1-3H3. The molecular formula is C25H27ClF3NO5S3. The molecule has 0 aliphatic carbocycles. The fraction of sp³-hybridized carbons (Fsp3) is 0.400. The lowest BCUT2D eigenvalue weighted by Crippen LogP contribution is -2.34. The number of thioether (sulfide) groups is 1. The van der Waals surface area contributed by atoms with Crippen LogP contribution in [0.15, 0.2) is 45.5 Å². The minimum Gasteiger partial charge on any atom is -0.482 e. The molecule has 1 heterocycles. The van der Waals surface area contributed by atoms with Gasteiger partial charge in [-0.1, -0.05) is 18.5 Å². The number of hydrogen-bond donors (Lipinski definition) is 0. The van der Waals surface area contributed by atoms with Crippen LogP contribution in [0.5, 0.6) is 5.75 Å². The maximum atomic E-state index is 14.0. The summed E-state index contributed by atoms with van der Waals surface area (Å²) in [5, 5.41) is -0.126. The molecule has 13 heteroatoms. The number of carbonyl (C=O) groups excluding carboxylic acids is 1. The lowest BCUT2D eigenvalue weighted by Gasteiger charge is -2.22. The van der Waals surface area contributed by atoms with Gasteiger partial charge in [-0.05, 0) is 62.2 Å². The van der Waals surface area contributed by atoms with Gasteiger partial charge in [0.25, 0.3) is 10.0 Å². The molecule has 0 aliphatic heterocycles. The number of halogens is 4. The zero-order valence-corrected chi connectivity index (χ0v) is 24.1. The Hall–Kier alpha value is -1.99. The second-order valence-electron chi connectivity index (χ2n) is 8.18. The molecule has 0 fully saturated rings. The van der Waals surface area contributed by atoms with Crippen molar-refractivity contribution in [2.75, 3.05) is 32.1 Å². The number of alkyl halides is 3. The minimum atomic E-state index is -4.87. The van der Waals surface area contributed by atoms with Crippen molar-refractivity contribution in [2.45, 2.75) is 42.5 Å². The number of nitrogens with zero attached hydrogens (tertiary/aromatic N) is 1. The number of fused-ring (bicyclic) bond motifs is 1. The van der Waals surface area contributed by atoms with E-state index >= 15 is 0 Å². The van der Waals surface area contributed by atoms with Gasteiger partial charge < -0.3 is 9.47 Å². The Labute approximate surface area is 233 Å². The van der Waals surface area contributed by atoms with Crippen LogP contribution < -0.4 is 4.74 Å². The molecule has 1 aromatic heterocycles. The SMILES string of the molecule is CCCN(CCSc1ccc(OCC(=O)OCC)c(C)c1)S(=O)(=O)c1sc2ccc(Cl)cc2c1C(F)(F)F. The number of rotatable bonds is 12. The molecule has 38 heavy (non-hydrogen) atoms. The van der Waals surface area contributed by atoms with Crippen LogP contribution in [0.25, 0.3) is 10.1 Å². The summed E-state index contributed by atoms with van der Waals surface area (Å²) < 4.78 is 80.0. The van der Waals surface area contributed by atoms with Crippen molar-refractivity contribution >= 4 is 60.8 Å². The highest BCUT2D eigenvalue weighted by molar-refractivity contribution is 7.99. The van der Waals surface area contributed by atoms with Gasteiger partial charge in [-0.3, -0.25) is 0 Å². The van der Waals surface area contributed by atoms with Crippen LogP contribution in [0.1, 0.15) is 31.4 Å². The molecule has 0 bridgehead atoms. The van der Waals surface area contributed by atoms with E-state index in [1.165, 1.54) is 23.9 Å². The minimum absolute atomic E-state index is 0.0211. The van der Waals surface area contributed by atoms with Crippen LogP contribution in [-0.2, 0) is 25.7 Å². The molecule has 0 spiro atoms. The van der Waals surface area contributed by atoms with Gasteiger partial charge in [-0.2, -0.15) is 17.5 Å². The Balaban J connectivity index is 1.78. The van der Waals surface area contributed by atoms with E-state index in [9.17, 15) is 26.4 Å². The molecular weight excluding hydrogens is 583 g/mol. The van der Waals surface area contributed by atoms with E-state index < -0.39 is 31.9 Å². The highest BCUT2D eigenvalue weighted by Crippen LogP contribution is 2.46. The predicted molar refractivity (Wildman–Crippen MR) is 145 cm³/mol. The summed E-state index contributed by atoms with van der Waals surface area (Å²) in [6.07, 6.45) is -4.43. The Bertz CT molecular complexity index is 1390. The number of ether oxygens (including phenoxy) is 2. The quantitative estimate of drug-likeness (QED) is 0.162. The number of aryl methyl sites for hydroxylation is 1. The second kappa shape index (κ2) is 12.9. The number of esters is 1. The Morgan fingerprint density at radius 2 is 1.87 bits per heavy atom. The van der Waals surface area contributed by atoms with Gasteiger partial charge in [-0.25, -0.2) is 13.2 Å². The molecule has 0 atom stereocenters. The van der Waals surface area contributed by atoms with Crippen molar-refractivity contribution in [1.29, 1.82) is 0 Å². The smallest absolute Gasteiger partial charge is 0.419 e. The first-order chi connectivity index (χ1) is 17.9. The molecule has 0 saturated heterocycles. The van der Waals surface area contributed by atoms with E-state index in [0.717, 1.165) is 20.8 Å². The van der Waals surface area contributed by atoms with Crippen molar-refractivity contribution in [3.05, 3.63) is 52.5 Å². The molecule has 208 valence electrons. The van der Waals surface area contributed by atoms with Gasteiger partial charge in [0.2, 0.25) is 0 Å². The molecule has 0 aliphatic rings. The molecule has 3 rings (SSSR count). The maximum Gasteiger partial charge on any atom is 0.419 e. The van der Waals surface area contributed by atoms with E-state index in [-0.39, 0.29) is 41.4 Å². The fourth-order valence-corrected chi connectivity index (χ4v) is 8.37. The summed E-state index contributed by atoms with van der Waals surface area (Å²) in [6, 6.07) is 9.30. The van der Waals surface area contributed by atoms with Crippen molar-refractivity contribution in [3.63, 3.8) is 0 Å². The van der Waals surface area contributed by atoms with E-state index in [4.69, 9.17) is 21.1 Å². The lowest BCUT2D eigenvalue weighted by molar-refractivity contribution is -0.145. The average molecular weight is 610 g/mol. The molecule has 0 N–H and O–H groups in total. The third kappa shape index (κ3) is 7.35. The van der Waals surface area contributed by atoms with E-state index in [0.29, 0.717) is 29.3 Å². The normalized spacial score (nSPS) is 12.3. The van der Waals surface area contributed by atoms with Gasteiger partial charge in [0.1, 0.15) is 9.96 Å². The van der Waals surface area contributed by atoms with Crippen LogP contribution in [0.4, 0.5) is 13.2 Å². The van der Waals surface area contributed by atoms with E-state index in [1.54, 1.807) is 26.0 Å². The predicted octanol–water partition coefficient (Wildman–Crippen LogP) is 7.02. The molecule has 0 saturated carbocycles. The van der Waals surface area contributed by atoms with Crippen LogP contribution in [0.3, 0.4) is 0 Å². The van der Waals surface area contributed by atoms with Crippen molar-refractivity contribution < 1.29 is 35.9 Å². The monoisotopic (exact) mass is 609 g/mol. The summed E-state index contributed by atoms with van der Waals surface area (Å²) in [6.45, 7) is 5.43. The molecule has 0 amide bonds. The van der Waals surface area contributed by atoms with Crippen molar-refractivity contribution in [3.8, 4) is 5.75 Å². The van der Waals surface area contributed by atoms with Gasteiger partial charge in [-0.15, -0.1) is 23.1 Å². The molecule has 2 aromatic carbocycles. The topological polar surface area (TPSA) is 72.9 Å². The first kappa shape index (κ1) is 30.6. The van der Waals surface area contributed by atoms with Crippen molar-refractivity contribution in [2.24, 2.45) is 0 Å². The Kier molecular flexibility index (Phi) is 10.4. The van der Waals surface area contributed by atoms with Crippen LogP contribution in [-0.4, -0.2) is 50.7 Å². The van der Waals surface area contributed by atoms with Crippen LogP contribution in [0.2, 0.25) is 5.02 Å². The van der Waals surface area contributed by atoms with Crippen LogP contribution >= 0.6 is 34.7 Å². The summed E-state index contributed by atoms with van der Waals surface area (Å²) in [5.74, 6) is 0.361. The van der Waals surface area contributed by atoms with Gasteiger partial charge in [0, 0.05) is 38.8 Å². The van der Waals surface area contributed by atoms with Crippen molar-refractivity contribution in [1.82, 2.24) is 4.31 Å². The largest absolute Gasteiger partial charge is 0.482 e. The Morgan fingerprint density at radius 1 is 1.13 bits per heavy atom. The van der Waals surface area contributed by atoms with Gasteiger partial charge in [0.15, 0.2) is 6.61 Å². The van der Waals surface area contributed by atoms with Gasteiger partial charge in [0.05, 0.1) is 12.2 Å². The summed E-state index contributed by atoms with van der Waals surface area (Å²) in [4.78, 5) is 12.3. The summed E-state index contributed by atoms with van der Waals surface area (Å²) >= 11 is 7.88. The molecule has 3 aromatic rings. The fourth-order valence-electron chi connectivity index (χ4n) is 3.69. The first-order valence-electron chi connectivity index (χ1n) is 11.7. The highest BCUT2D eigenvalue weighted by Gasteiger charge is 2.42. The lowest BCUT2D eigenvalue weighted by atomic mass is 10.2. The number of hydrogen-bond acceptors (Lipinski definition) is 7. The molecule has 0 unspecified atom stereocenters. The van der Waals surface area contributed by atoms with E-state index in [1.807, 2.05) is 13.0 Å². The highest BCUT2D eigenvalue weighted by atomic mass is 35.5.